The van der Waals surface area contributed by atoms with Crippen LogP contribution in [-0.2, 0) is 4.79 Å². The Morgan fingerprint density at radius 2 is 2.29 bits per heavy atom. The van der Waals surface area contributed by atoms with Crippen LogP contribution in [0.5, 0.6) is 5.75 Å². The molecule has 1 aromatic carbocycles. The SMILES string of the molecule is O=C(C1CNc2ccccc2O1)N1CCCC(CCO)C1. The molecule has 21 heavy (non-hydrogen) atoms. The van der Waals surface area contributed by atoms with Crippen molar-refractivity contribution < 1.29 is 14.6 Å². The Bertz CT molecular complexity index is 504. The fraction of sp³-hybridized carbons (Fsp3) is 0.562. The minimum absolute atomic E-state index is 0.0552. The van der Waals surface area contributed by atoms with E-state index in [0.29, 0.717) is 12.5 Å². The van der Waals surface area contributed by atoms with Gasteiger partial charge in [-0.1, -0.05) is 12.1 Å². The fourth-order valence-corrected chi connectivity index (χ4v) is 3.14. The molecule has 5 nitrogen and oxygen atoms in total. The third-order valence-electron chi connectivity index (χ3n) is 4.28. The smallest absolute Gasteiger partial charge is 0.265 e. The van der Waals surface area contributed by atoms with Crippen molar-refractivity contribution >= 4 is 11.6 Å². The number of benzene rings is 1. The van der Waals surface area contributed by atoms with E-state index in [1.165, 1.54) is 0 Å². The predicted octanol–water partition coefficient (Wildman–Crippen LogP) is 1.48. The maximum atomic E-state index is 12.6. The number of rotatable bonds is 3. The van der Waals surface area contributed by atoms with Crippen LogP contribution in [0.1, 0.15) is 19.3 Å². The standard InChI is InChI=1S/C16H22N2O3/c19-9-7-12-4-3-8-18(11-12)16(20)15-10-17-13-5-1-2-6-14(13)21-15/h1-2,5-6,12,15,17,19H,3-4,7-11H2. The first-order valence-electron chi connectivity index (χ1n) is 7.67. The quantitative estimate of drug-likeness (QED) is 0.885. The van der Waals surface area contributed by atoms with Gasteiger partial charge in [-0.05, 0) is 37.3 Å². The lowest BCUT2D eigenvalue weighted by atomic mass is 9.95. The number of aliphatic hydroxyl groups is 1. The van der Waals surface area contributed by atoms with E-state index in [1.807, 2.05) is 29.2 Å². The number of ether oxygens (including phenoxy) is 1. The molecule has 5 heteroatoms. The number of hydrogen-bond acceptors (Lipinski definition) is 4. The van der Waals surface area contributed by atoms with E-state index in [-0.39, 0.29) is 12.5 Å². The van der Waals surface area contributed by atoms with Crippen LogP contribution in [0.25, 0.3) is 0 Å². The maximum Gasteiger partial charge on any atom is 0.265 e. The Labute approximate surface area is 124 Å². The number of fused-ring (bicyclic) bond motifs is 1. The summed E-state index contributed by atoms with van der Waals surface area (Å²) in [5.41, 5.74) is 0.943. The van der Waals surface area contributed by atoms with Gasteiger partial charge in [0.15, 0.2) is 6.10 Å². The van der Waals surface area contributed by atoms with Crippen molar-refractivity contribution in [2.45, 2.75) is 25.4 Å². The molecule has 1 saturated heterocycles. The molecular formula is C16H22N2O3. The monoisotopic (exact) mass is 290 g/mol. The highest BCUT2D eigenvalue weighted by atomic mass is 16.5. The number of anilines is 1. The lowest BCUT2D eigenvalue weighted by molar-refractivity contribution is -0.140. The van der Waals surface area contributed by atoms with Gasteiger partial charge in [0.25, 0.3) is 5.91 Å². The Hall–Kier alpha value is -1.75. The van der Waals surface area contributed by atoms with Crippen molar-refractivity contribution in [2.24, 2.45) is 5.92 Å². The average molecular weight is 290 g/mol. The number of nitrogens with one attached hydrogen (secondary N) is 1. The van der Waals surface area contributed by atoms with E-state index in [4.69, 9.17) is 9.84 Å². The van der Waals surface area contributed by atoms with Gasteiger partial charge in [0.1, 0.15) is 5.75 Å². The zero-order valence-electron chi connectivity index (χ0n) is 12.1. The van der Waals surface area contributed by atoms with Crippen LogP contribution in [0.3, 0.4) is 0 Å². The van der Waals surface area contributed by atoms with Gasteiger partial charge in [-0.3, -0.25) is 4.79 Å². The van der Waals surface area contributed by atoms with Crippen LogP contribution in [0.4, 0.5) is 5.69 Å². The zero-order chi connectivity index (χ0) is 14.7. The van der Waals surface area contributed by atoms with Gasteiger partial charge in [-0.2, -0.15) is 0 Å². The summed E-state index contributed by atoms with van der Waals surface area (Å²) in [6.45, 7) is 2.24. The first-order chi connectivity index (χ1) is 10.3. The summed E-state index contributed by atoms with van der Waals surface area (Å²) in [6.07, 6.45) is 2.42. The number of hydrogen-bond donors (Lipinski definition) is 2. The van der Waals surface area contributed by atoms with E-state index in [9.17, 15) is 4.79 Å². The molecular weight excluding hydrogens is 268 g/mol. The molecule has 2 aliphatic rings. The number of amides is 1. The highest BCUT2D eigenvalue weighted by molar-refractivity contribution is 5.83. The van der Waals surface area contributed by atoms with Crippen molar-refractivity contribution in [1.29, 1.82) is 0 Å². The molecule has 1 amide bonds. The van der Waals surface area contributed by atoms with Crippen LogP contribution in [0.2, 0.25) is 0 Å². The third kappa shape index (κ3) is 3.13. The molecule has 3 rings (SSSR count). The molecule has 1 aromatic rings. The number of carbonyl (C=O) groups is 1. The van der Waals surface area contributed by atoms with Crippen LogP contribution in [0.15, 0.2) is 24.3 Å². The Morgan fingerprint density at radius 3 is 3.14 bits per heavy atom. The van der Waals surface area contributed by atoms with Crippen LogP contribution in [0, 0.1) is 5.92 Å². The van der Waals surface area contributed by atoms with Gasteiger partial charge in [-0.25, -0.2) is 0 Å². The first-order valence-corrected chi connectivity index (χ1v) is 7.67. The average Bonchev–Trinajstić information content (AvgIpc) is 2.54. The summed E-state index contributed by atoms with van der Waals surface area (Å²) in [7, 11) is 0. The van der Waals surface area contributed by atoms with Gasteiger partial charge in [0.2, 0.25) is 0 Å². The molecule has 0 radical (unpaired) electrons. The lowest BCUT2D eigenvalue weighted by Crippen LogP contribution is -2.50. The van der Waals surface area contributed by atoms with Crippen molar-refractivity contribution in [3.05, 3.63) is 24.3 Å². The molecule has 0 aromatic heterocycles. The van der Waals surface area contributed by atoms with E-state index in [0.717, 1.165) is 43.8 Å². The molecule has 1 fully saturated rings. The van der Waals surface area contributed by atoms with Crippen molar-refractivity contribution in [3.63, 3.8) is 0 Å². The number of likely N-dealkylation sites (tertiary alicyclic amines) is 1. The van der Waals surface area contributed by atoms with Crippen molar-refractivity contribution in [3.8, 4) is 5.75 Å². The Kier molecular flexibility index (Phi) is 4.29. The number of carbonyl (C=O) groups excluding carboxylic acids is 1. The zero-order valence-corrected chi connectivity index (χ0v) is 12.1. The Balaban J connectivity index is 1.63. The number of piperidine rings is 1. The highest BCUT2D eigenvalue weighted by Gasteiger charge is 2.32. The van der Waals surface area contributed by atoms with Gasteiger partial charge in [-0.15, -0.1) is 0 Å². The fourth-order valence-electron chi connectivity index (χ4n) is 3.14. The summed E-state index contributed by atoms with van der Waals surface area (Å²) in [4.78, 5) is 14.5. The molecule has 2 N–H and O–H groups in total. The van der Waals surface area contributed by atoms with Crippen LogP contribution in [-0.4, -0.2) is 48.3 Å². The van der Waals surface area contributed by atoms with Gasteiger partial charge in [0.05, 0.1) is 12.2 Å². The lowest BCUT2D eigenvalue weighted by Gasteiger charge is -2.36. The first kappa shape index (κ1) is 14.2. The third-order valence-corrected chi connectivity index (χ3v) is 4.28. The Morgan fingerprint density at radius 1 is 1.43 bits per heavy atom. The predicted molar refractivity (Wildman–Crippen MR) is 80.4 cm³/mol. The molecule has 2 heterocycles. The molecule has 0 saturated carbocycles. The minimum Gasteiger partial charge on any atom is -0.477 e. The second-order valence-corrected chi connectivity index (χ2v) is 5.79. The van der Waals surface area contributed by atoms with E-state index in [2.05, 4.69) is 5.32 Å². The van der Waals surface area contributed by atoms with E-state index in [1.54, 1.807) is 0 Å². The van der Waals surface area contributed by atoms with Crippen LogP contribution >= 0.6 is 0 Å². The minimum atomic E-state index is -0.451. The molecule has 2 aliphatic heterocycles. The summed E-state index contributed by atoms with van der Waals surface area (Å²) < 4.78 is 5.84. The topological polar surface area (TPSA) is 61.8 Å². The van der Waals surface area contributed by atoms with Crippen molar-refractivity contribution in [2.75, 3.05) is 31.6 Å². The number of aliphatic hydroxyl groups excluding tert-OH is 1. The van der Waals surface area contributed by atoms with Crippen molar-refractivity contribution in [1.82, 2.24) is 4.90 Å². The molecule has 2 atom stereocenters. The number of nitrogens with zero attached hydrogens (tertiary/aromatic N) is 1. The maximum absolute atomic E-state index is 12.6. The summed E-state index contributed by atoms with van der Waals surface area (Å²) in [6, 6.07) is 7.69. The number of para-hydroxylation sites is 2. The van der Waals surface area contributed by atoms with Gasteiger partial charge >= 0.3 is 0 Å². The van der Waals surface area contributed by atoms with Crippen LogP contribution < -0.4 is 10.1 Å². The molecule has 0 spiro atoms. The van der Waals surface area contributed by atoms with Gasteiger partial charge in [0, 0.05) is 19.7 Å². The second kappa shape index (κ2) is 6.35. The normalized spacial score (nSPS) is 24.7. The highest BCUT2D eigenvalue weighted by Crippen LogP contribution is 2.29. The summed E-state index contributed by atoms with van der Waals surface area (Å²) in [5, 5.41) is 12.3. The van der Waals surface area contributed by atoms with E-state index < -0.39 is 6.10 Å². The second-order valence-electron chi connectivity index (χ2n) is 5.79. The van der Waals surface area contributed by atoms with Gasteiger partial charge < -0.3 is 20.1 Å². The molecule has 114 valence electrons. The molecule has 2 unspecified atom stereocenters. The summed E-state index contributed by atoms with van der Waals surface area (Å²) in [5.74, 6) is 1.21. The van der Waals surface area contributed by atoms with E-state index >= 15 is 0 Å². The molecule has 0 bridgehead atoms. The summed E-state index contributed by atoms with van der Waals surface area (Å²) >= 11 is 0. The molecule has 0 aliphatic carbocycles. The largest absolute Gasteiger partial charge is 0.477 e.